The van der Waals surface area contributed by atoms with Crippen LogP contribution >= 0.6 is 0 Å². The lowest BCUT2D eigenvalue weighted by atomic mass is 10.1. The minimum atomic E-state index is 0.587. The van der Waals surface area contributed by atoms with Crippen molar-refractivity contribution in [2.45, 2.75) is 13.3 Å². The fourth-order valence-electron chi connectivity index (χ4n) is 2.39. The molecule has 0 fully saturated rings. The van der Waals surface area contributed by atoms with Crippen molar-refractivity contribution in [2.24, 2.45) is 4.99 Å². The van der Waals surface area contributed by atoms with Gasteiger partial charge in [0.1, 0.15) is 18.1 Å². The van der Waals surface area contributed by atoms with Gasteiger partial charge < -0.3 is 20.1 Å². The van der Waals surface area contributed by atoms with Crippen molar-refractivity contribution in [1.29, 1.82) is 0 Å². The van der Waals surface area contributed by atoms with Crippen LogP contribution in [0, 0.1) is 6.92 Å². The Morgan fingerprint density at radius 1 is 1.00 bits per heavy atom. The molecule has 0 aromatic heterocycles. The van der Waals surface area contributed by atoms with E-state index in [9.17, 15) is 0 Å². The summed E-state index contributed by atoms with van der Waals surface area (Å²) in [5.41, 5.74) is 2.40. The van der Waals surface area contributed by atoms with E-state index in [4.69, 9.17) is 9.47 Å². The lowest BCUT2D eigenvalue weighted by molar-refractivity contribution is 0.320. The summed E-state index contributed by atoms with van der Waals surface area (Å²) in [7, 11) is 3.44. The van der Waals surface area contributed by atoms with Crippen LogP contribution in [0.15, 0.2) is 53.5 Å². The van der Waals surface area contributed by atoms with Crippen LogP contribution in [-0.4, -0.2) is 39.8 Å². The number of aryl methyl sites for hydroxylation is 1. The Labute approximate surface area is 150 Å². The zero-order valence-corrected chi connectivity index (χ0v) is 15.2. The first-order chi connectivity index (χ1) is 12.2. The predicted octanol–water partition coefficient (Wildman–Crippen LogP) is 2.79. The maximum Gasteiger partial charge on any atom is 0.191 e. The number of aliphatic imine (C=N–C) groups is 1. The molecule has 2 aromatic rings. The molecule has 2 rings (SSSR count). The van der Waals surface area contributed by atoms with Gasteiger partial charge in [-0.15, -0.1) is 0 Å². The van der Waals surface area contributed by atoms with Crippen LogP contribution < -0.4 is 20.1 Å². The van der Waals surface area contributed by atoms with Crippen molar-refractivity contribution < 1.29 is 9.47 Å². The van der Waals surface area contributed by atoms with Crippen LogP contribution in [0.4, 0.5) is 0 Å². The number of para-hydroxylation sites is 1. The second-order valence-corrected chi connectivity index (χ2v) is 5.64. The molecule has 2 N–H and O–H groups in total. The fraction of sp³-hybridized carbons (Fsp3) is 0.350. The minimum absolute atomic E-state index is 0.587. The Balaban J connectivity index is 1.65. The van der Waals surface area contributed by atoms with Gasteiger partial charge in [-0.2, -0.15) is 0 Å². The molecule has 0 spiro atoms. The molecule has 25 heavy (non-hydrogen) atoms. The van der Waals surface area contributed by atoms with Gasteiger partial charge in [0.15, 0.2) is 5.96 Å². The van der Waals surface area contributed by atoms with Crippen LogP contribution in [0.5, 0.6) is 11.5 Å². The topological polar surface area (TPSA) is 54.9 Å². The smallest absolute Gasteiger partial charge is 0.191 e. The molecule has 0 saturated heterocycles. The van der Waals surface area contributed by atoms with Gasteiger partial charge in [-0.25, -0.2) is 0 Å². The predicted molar refractivity (Wildman–Crippen MR) is 103 cm³/mol. The van der Waals surface area contributed by atoms with Crippen LogP contribution in [0.25, 0.3) is 0 Å². The maximum atomic E-state index is 5.77. The highest BCUT2D eigenvalue weighted by molar-refractivity contribution is 5.79. The first-order valence-electron chi connectivity index (χ1n) is 8.49. The molecule has 0 aliphatic rings. The van der Waals surface area contributed by atoms with Crippen molar-refractivity contribution in [2.75, 3.05) is 33.9 Å². The summed E-state index contributed by atoms with van der Waals surface area (Å²) < 4.78 is 10.9. The number of rotatable bonds is 8. The first kappa shape index (κ1) is 18.6. The third-order valence-corrected chi connectivity index (χ3v) is 3.83. The van der Waals surface area contributed by atoms with E-state index in [-0.39, 0.29) is 0 Å². The Bertz CT molecular complexity index is 669. The van der Waals surface area contributed by atoms with Gasteiger partial charge in [0.2, 0.25) is 0 Å². The van der Waals surface area contributed by atoms with Gasteiger partial charge in [-0.1, -0.05) is 30.3 Å². The zero-order chi connectivity index (χ0) is 17.9. The van der Waals surface area contributed by atoms with Crippen LogP contribution in [-0.2, 0) is 6.42 Å². The normalized spacial score (nSPS) is 11.1. The fourth-order valence-corrected chi connectivity index (χ4v) is 2.39. The van der Waals surface area contributed by atoms with Crippen LogP contribution in [0.1, 0.15) is 11.1 Å². The summed E-state index contributed by atoms with van der Waals surface area (Å²) in [4.78, 5) is 4.23. The highest BCUT2D eigenvalue weighted by atomic mass is 16.5. The molecule has 0 aliphatic heterocycles. The van der Waals surface area contributed by atoms with E-state index >= 15 is 0 Å². The summed E-state index contributed by atoms with van der Waals surface area (Å²) in [5, 5.41) is 6.57. The van der Waals surface area contributed by atoms with Gasteiger partial charge in [0.25, 0.3) is 0 Å². The van der Waals surface area contributed by atoms with Gasteiger partial charge in [-0.3, -0.25) is 4.99 Å². The van der Waals surface area contributed by atoms with Crippen molar-refractivity contribution in [3.63, 3.8) is 0 Å². The van der Waals surface area contributed by atoms with Crippen LogP contribution in [0.2, 0.25) is 0 Å². The summed E-state index contributed by atoms with van der Waals surface area (Å²) >= 11 is 0. The molecular formula is C20H27N3O2. The molecule has 0 radical (unpaired) electrons. The van der Waals surface area contributed by atoms with E-state index in [2.05, 4.69) is 27.8 Å². The van der Waals surface area contributed by atoms with Gasteiger partial charge >= 0.3 is 0 Å². The van der Waals surface area contributed by atoms with E-state index < -0.39 is 0 Å². The minimum Gasteiger partial charge on any atom is -0.497 e. The average molecular weight is 341 g/mol. The third-order valence-electron chi connectivity index (χ3n) is 3.83. The molecule has 0 atom stereocenters. The number of nitrogens with one attached hydrogen (secondary N) is 2. The van der Waals surface area contributed by atoms with E-state index in [1.54, 1.807) is 14.2 Å². The molecule has 0 saturated carbocycles. The number of hydrogen-bond donors (Lipinski definition) is 2. The zero-order valence-electron chi connectivity index (χ0n) is 15.2. The number of ether oxygens (including phenoxy) is 2. The lowest BCUT2D eigenvalue weighted by Crippen LogP contribution is -2.40. The highest BCUT2D eigenvalue weighted by Crippen LogP contribution is 2.15. The maximum absolute atomic E-state index is 5.77. The lowest BCUT2D eigenvalue weighted by Gasteiger charge is -2.13. The molecule has 0 aliphatic carbocycles. The SMILES string of the molecule is CN=C(NCCOc1ccccc1C)NCCc1ccc(OC)cc1. The Kier molecular flexibility index (Phi) is 7.63. The molecule has 0 heterocycles. The van der Waals surface area contributed by atoms with E-state index in [0.717, 1.165) is 36.0 Å². The standard InChI is InChI=1S/C20H27N3O2/c1-16-6-4-5-7-19(16)25-15-14-23-20(21-2)22-13-12-17-8-10-18(24-3)11-9-17/h4-11H,12-15H2,1-3H3,(H2,21,22,23). The summed E-state index contributed by atoms with van der Waals surface area (Å²) in [6.07, 6.45) is 0.921. The van der Waals surface area contributed by atoms with Gasteiger partial charge in [0, 0.05) is 13.6 Å². The largest absolute Gasteiger partial charge is 0.497 e. The number of nitrogens with zero attached hydrogens (tertiary/aromatic N) is 1. The van der Waals surface area contributed by atoms with Crippen molar-refractivity contribution in [1.82, 2.24) is 10.6 Å². The highest BCUT2D eigenvalue weighted by Gasteiger charge is 2.00. The molecule has 0 unspecified atom stereocenters. The Morgan fingerprint density at radius 2 is 1.72 bits per heavy atom. The average Bonchev–Trinajstić information content (AvgIpc) is 2.65. The molecule has 0 amide bonds. The second-order valence-electron chi connectivity index (χ2n) is 5.64. The van der Waals surface area contributed by atoms with Crippen LogP contribution in [0.3, 0.4) is 0 Å². The Hall–Kier alpha value is -2.69. The summed E-state index contributed by atoms with van der Waals surface area (Å²) in [5.74, 6) is 2.58. The number of benzene rings is 2. The van der Waals surface area contributed by atoms with Crippen molar-refractivity contribution in [3.05, 3.63) is 59.7 Å². The molecule has 134 valence electrons. The number of hydrogen-bond acceptors (Lipinski definition) is 3. The molecule has 5 heteroatoms. The van der Waals surface area contributed by atoms with E-state index in [1.165, 1.54) is 5.56 Å². The van der Waals surface area contributed by atoms with E-state index in [1.807, 2.05) is 43.3 Å². The van der Waals surface area contributed by atoms with Gasteiger partial charge in [-0.05, 0) is 42.7 Å². The van der Waals surface area contributed by atoms with Crippen molar-refractivity contribution in [3.8, 4) is 11.5 Å². The molecule has 2 aromatic carbocycles. The molecule has 0 bridgehead atoms. The molecular weight excluding hydrogens is 314 g/mol. The quantitative estimate of drug-likeness (QED) is 0.440. The summed E-state index contributed by atoms with van der Waals surface area (Å²) in [6, 6.07) is 16.1. The van der Waals surface area contributed by atoms with Crippen molar-refractivity contribution >= 4 is 5.96 Å². The Morgan fingerprint density at radius 3 is 2.40 bits per heavy atom. The van der Waals surface area contributed by atoms with E-state index in [0.29, 0.717) is 13.2 Å². The van der Waals surface area contributed by atoms with Gasteiger partial charge in [0.05, 0.1) is 13.7 Å². The number of guanidine groups is 1. The summed E-state index contributed by atoms with van der Waals surface area (Å²) in [6.45, 7) is 4.13. The second kappa shape index (κ2) is 10.2. The molecule has 5 nitrogen and oxygen atoms in total. The number of methoxy groups -OCH3 is 1. The monoisotopic (exact) mass is 341 g/mol. The first-order valence-corrected chi connectivity index (χ1v) is 8.49. The third kappa shape index (κ3) is 6.37.